The molecule has 2 saturated heterocycles. The van der Waals surface area contributed by atoms with Crippen LogP contribution in [-0.4, -0.2) is 48.5 Å². The zero-order valence-electron chi connectivity index (χ0n) is 8.33. The highest BCUT2D eigenvalue weighted by molar-refractivity contribution is 5.03. The molecule has 3 nitrogen and oxygen atoms in total. The molecule has 0 bridgehead atoms. The average Bonchev–Trinajstić information content (AvgIpc) is 2.67. The summed E-state index contributed by atoms with van der Waals surface area (Å²) in [5.41, 5.74) is 0.128. The predicted octanol–water partition coefficient (Wildman–Crippen LogP) is 0.622. The first kappa shape index (κ1) is 9.44. The number of hydrogen-bond acceptors (Lipinski definition) is 3. The molecule has 0 aromatic rings. The van der Waals surface area contributed by atoms with Crippen LogP contribution in [-0.2, 0) is 4.74 Å². The molecule has 0 aliphatic carbocycles. The van der Waals surface area contributed by atoms with E-state index < -0.39 is 0 Å². The molecule has 1 N–H and O–H groups in total. The maximum atomic E-state index is 9.43. The Bertz CT molecular complexity index is 186. The van der Waals surface area contributed by atoms with Crippen molar-refractivity contribution in [3.63, 3.8) is 0 Å². The van der Waals surface area contributed by atoms with E-state index in [1.54, 1.807) is 7.11 Å². The van der Waals surface area contributed by atoms with Crippen molar-refractivity contribution in [3.8, 4) is 0 Å². The van der Waals surface area contributed by atoms with Crippen molar-refractivity contribution in [2.45, 2.75) is 37.3 Å². The third-order valence-electron chi connectivity index (χ3n) is 3.69. The Hall–Kier alpha value is -0.120. The van der Waals surface area contributed by atoms with Gasteiger partial charge < -0.3 is 9.84 Å². The number of fused-ring (bicyclic) bond motifs is 1. The van der Waals surface area contributed by atoms with Crippen LogP contribution >= 0.6 is 0 Å². The molecule has 2 rings (SSSR count). The fourth-order valence-corrected chi connectivity index (χ4v) is 3.00. The van der Waals surface area contributed by atoms with Crippen LogP contribution in [0, 0.1) is 0 Å². The first-order valence-corrected chi connectivity index (χ1v) is 5.19. The molecule has 0 spiro atoms. The van der Waals surface area contributed by atoms with Crippen LogP contribution < -0.4 is 0 Å². The summed E-state index contributed by atoms with van der Waals surface area (Å²) in [5, 5.41) is 9.43. The van der Waals surface area contributed by atoms with Crippen LogP contribution in [0.2, 0.25) is 0 Å². The van der Waals surface area contributed by atoms with Crippen molar-refractivity contribution in [2.24, 2.45) is 0 Å². The van der Waals surface area contributed by atoms with E-state index in [-0.39, 0.29) is 5.54 Å². The van der Waals surface area contributed by atoms with Crippen LogP contribution in [0.5, 0.6) is 0 Å². The van der Waals surface area contributed by atoms with E-state index in [0.717, 1.165) is 19.6 Å². The Morgan fingerprint density at radius 2 is 2.38 bits per heavy atom. The molecule has 0 unspecified atom stereocenters. The van der Waals surface area contributed by atoms with E-state index in [4.69, 9.17) is 4.74 Å². The lowest BCUT2D eigenvalue weighted by Crippen LogP contribution is -2.46. The molecule has 0 aromatic carbocycles. The van der Waals surface area contributed by atoms with E-state index in [1.165, 1.54) is 19.3 Å². The summed E-state index contributed by atoms with van der Waals surface area (Å²) in [6.45, 7) is 2.30. The fraction of sp³-hybridized carbons (Fsp3) is 1.00. The largest absolute Gasteiger partial charge is 0.394 e. The number of aliphatic hydroxyl groups excluding tert-OH is 1. The van der Waals surface area contributed by atoms with Crippen LogP contribution in [0.3, 0.4) is 0 Å². The minimum Gasteiger partial charge on any atom is -0.394 e. The van der Waals surface area contributed by atoms with Gasteiger partial charge in [0.1, 0.15) is 0 Å². The molecule has 0 aromatic heterocycles. The molecule has 0 amide bonds. The minimum absolute atomic E-state index is 0.128. The van der Waals surface area contributed by atoms with E-state index in [1.807, 2.05) is 0 Å². The lowest BCUT2D eigenvalue weighted by molar-refractivity contribution is 0.0476. The highest BCUT2D eigenvalue weighted by atomic mass is 16.5. The normalized spacial score (nSPS) is 39.7. The second kappa shape index (κ2) is 3.56. The molecule has 0 radical (unpaired) electrons. The average molecular weight is 185 g/mol. The predicted molar refractivity (Wildman–Crippen MR) is 50.7 cm³/mol. The second-order valence-corrected chi connectivity index (χ2v) is 4.33. The van der Waals surface area contributed by atoms with Crippen molar-refractivity contribution in [3.05, 3.63) is 0 Å². The molecule has 2 atom stereocenters. The topological polar surface area (TPSA) is 32.7 Å². The molecular formula is C10H19NO2. The molecule has 2 aliphatic heterocycles. The van der Waals surface area contributed by atoms with Crippen LogP contribution in [0.4, 0.5) is 0 Å². The van der Waals surface area contributed by atoms with Crippen molar-refractivity contribution >= 4 is 0 Å². The maximum absolute atomic E-state index is 9.43. The Balaban J connectivity index is 2.06. The van der Waals surface area contributed by atoms with Crippen LogP contribution in [0.25, 0.3) is 0 Å². The number of hydrogen-bond donors (Lipinski definition) is 1. The Labute approximate surface area is 79.7 Å². The van der Waals surface area contributed by atoms with Gasteiger partial charge in [0, 0.05) is 18.7 Å². The molecule has 13 heavy (non-hydrogen) atoms. The Morgan fingerprint density at radius 3 is 3.08 bits per heavy atom. The monoisotopic (exact) mass is 185 g/mol. The van der Waals surface area contributed by atoms with E-state index >= 15 is 0 Å². The minimum atomic E-state index is 0.128. The van der Waals surface area contributed by atoms with Gasteiger partial charge in [0.05, 0.1) is 13.2 Å². The van der Waals surface area contributed by atoms with Crippen molar-refractivity contribution < 1.29 is 9.84 Å². The molecule has 3 heteroatoms. The summed E-state index contributed by atoms with van der Waals surface area (Å²) in [4.78, 5) is 2.47. The molecular weight excluding hydrogens is 166 g/mol. The van der Waals surface area contributed by atoms with Gasteiger partial charge in [0.15, 0.2) is 0 Å². The highest BCUT2D eigenvalue weighted by Crippen LogP contribution is 2.41. The summed E-state index contributed by atoms with van der Waals surface area (Å²) in [7, 11) is 1.76. The van der Waals surface area contributed by atoms with Crippen molar-refractivity contribution in [2.75, 3.05) is 26.9 Å². The van der Waals surface area contributed by atoms with Gasteiger partial charge in [-0.05, 0) is 32.2 Å². The molecule has 2 fully saturated rings. The standard InChI is InChI=1S/C10H19NO2/c1-13-7-9-3-5-10(8-12)4-2-6-11(9)10/h9,12H,2-8H2,1H3/t9-,10-/m1/s1. The fourth-order valence-electron chi connectivity index (χ4n) is 3.00. The number of nitrogens with zero attached hydrogens (tertiary/aromatic N) is 1. The molecule has 2 heterocycles. The van der Waals surface area contributed by atoms with Crippen molar-refractivity contribution in [1.82, 2.24) is 4.90 Å². The Morgan fingerprint density at radius 1 is 1.54 bits per heavy atom. The van der Waals surface area contributed by atoms with Crippen LogP contribution in [0.1, 0.15) is 25.7 Å². The van der Waals surface area contributed by atoms with Gasteiger partial charge in [-0.2, -0.15) is 0 Å². The smallest absolute Gasteiger partial charge is 0.0618 e. The zero-order chi connectivity index (χ0) is 9.31. The van der Waals surface area contributed by atoms with Gasteiger partial charge in [-0.1, -0.05) is 0 Å². The van der Waals surface area contributed by atoms with Gasteiger partial charge in [0.2, 0.25) is 0 Å². The maximum Gasteiger partial charge on any atom is 0.0618 e. The number of ether oxygens (including phenoxy) is 1. The highest BCUT2D eigenvalue weighted by Gasteiger charge is 2.48. The lowest BCUT2D eigenvalue weighted by atomic mass is 9.95. The molecule has 76 valence electrons. The summed E-state index contributed by atoms with van der Waals surface area (Å²) < 4.78 is 5.20. The summed E-state index contributed by atoms with van der Waals surface area (Å²) in [6.07, 6.45) is 4.75. The third kappa shape index (κ3) is 1.39. The number of methoxy groups -OCH3 is 1. The number of aliphatic hydroxyl groups is 1. The van der Waals surface area contributed by atoms with E-state index in [0.29, 0.717) is 12.6 Å². The summed E-state index contributed by atoms with van der Waals surface area (Å²) in [5.74, 6) is 0. The Kier molecular flexibility index (Phi) is 2.58. The summed E-state index contributed by atoms with van der Waals surface area (Å²) in [6, 6.07) is 0.555. The van der Waals surface area contributed by atoms with Crippen molar-refractivity contribution in [1.29, 1.82) is 0 Å². The molecule has 0 saturated carbocycles. The quantitative estimate of drug-likeness (QED) is 0.699. The third-order valence-corrected chi connectivity index (χ3v) is 3.69. The van der Waals surface area contributed by atoms with Gasteiger partial charge in [-0.15, -0.1) is 0 Å². The summed E-state index contributed by atoms with van der Waals surface area (Å²) >= 11 is 0. The number of rotatable bonds is 3. The van der Waals surface area contributed by atoms with E-state index in [9.17, 15) is 5.11 Å². The van der Waals surface area contributed by atoms with Crippen LogP contribution in [0.15, 0.2) is 0 Å². The van der Waals surface area contributed by atoms with Gasteiger partial charge in [-0.25, -0.2) is 0 Å². The first-order chi connectivity index (χ1) is 6.32. The SMILES string of the molecule is COC[C@H]1CC[C@@]2(CO)CCCN12. The first-order valence-electron chi connectivity index (χ1n) is 5.19. The van der Waals surface area contributed by atoms with Gasteiger partial charge >= 0.3 is 0 Å². The van der Waals surface area contributed by atoms with Gasteiger partial charge in [-0.3, -0.25) is 4.90 Å². The molecule has 2 aliphatic rings. The second-order valence-electron chi connectivity index (χ2n) is 4.33. The van der Waals surface area contributed by atoms with E-state index in [2.05, 4.69) is 4.90 Å². The van der Waals surface area contributed by atoms with Gasteiger partial charge in [0.25, 0.3) is 0 Å². The lowest BCUT2D eigenvalue weighted by Gasteiger charge is -2.33. The zero-order valence-corrected chi connectivity index (χ0v) is 8.33.